The molecule has 0 aliphatic heterocycles. The molecular weight excluding hydrogens is 206 g/mol. The van der Waals surface area contributed by atoms with Crippen LogP contribution in [0.3, 0.4) is 0 Å². The number of thiophene rings is 1. The van der Waals surface area contributed by atoms with Crippen LogP contribution in [0.5, 0.6) is 0 Å². The van der Waals surface area contributed by atoms with E-state index in [0.717, 1.165) is 11.3 Å². The minimum Gasteiger partial charge on any atom is -0.481 e. The highest BCUT2D eigenvalue weighted by molar-refractivity contribution is 7.13. The highest BCUT2D eigenvalue weighted by Crippen LogP contribution is 2.52. The van der Waals surface area contributed by atoms with Crippen LogP contribution in [-0.2, 0) is 10.2 Å². The molecule has 1 aromatic heterocycles. The molecule has 6 heteroatoms. The van der Waals surface area contributed by atoms with Crippen LogP contribution in [0.2, 0.25) is 0 Å². The molecule has 1 fully saturated rings. The van der Waals surface area contributed by atoms with Gasteiger partial charge in [-0.15, -0.1) is 0 Å². The van der Waals surface area contributed by atoms with Gasteiger partial charge in [-0.3, -0.25) is 14.9 Å². The lowest BCUT2D eigenvalue weighted by Crippen LogP contribution is -2.19. The number of nitrogens with zero attached hydrogens (tertiary/aromatic N) is 1. The monoisotopic (exact) mass is 213 g/mol. The van der Waals surface area contributed by atoms with Gasteiger partial charge in [-0.05, 0) is 24.3 Å². The van der Waals surface area contributed by atoms with Crippen LogP contribution in [0.15, 0.2) is 11.4 Å². The molecule has 14 heavy (non-hydrogen) atoms. The Kier molecular flexibility index (Phi) is 1.81. The average Bonchev–Trinajstić information content (AvgIpc) is 2.77. The number of hydrogen-bond donors (Lipinski definition) is 1. The standard InChI is InChI=1S/C8H7NO4S/c10-7(11)8(2-3-8)5-1-4-14-6(5)9(12)13/h1,4H,2-3H2,(H,10,11). The summed E-state index contributed by atoms with van der Waals surface area (Å²) in [6.45, 7) is 0. The van der Waals surface area contributed by atoms with E-state index in [1.807, 2.05) is 0 Å². The molecule has 0 saturated heterocycles. The summed E-state index contributed by atoms with van der Waals surface area (Å²) in [6, 6.07) is 1.55. The first-order valence-electron chi connectivity index (χ1n) is 4.04. The van der Waals surface area contributed by atoms with Crippen LogP contribution < -0.4 is 0 Å². The van der Waals surface area contributed by atoms with Crippen molar-refractivity contribution < 1.29 is 14.8 Å². The van der Waals surface area contributed by atoms with Crippen molar-refractivity contribution in [2.45, 2.75) is 18.3 Å². The second-order valence-corrected chi connectivity index (χ2v) is 4.18. The van der Waals surface area contributed by atoms with Gasteiger partial charge in [0.1, 0.15) is 5.41 Å². The zero-order valence-electron chi connectivity index (χ0n) is 7.10. The molecule has 1 aliphatic carbocycles. The van der Waals surface area contributed by atoms with Crippen molar-refractivity contribution in [2.75, 3.05) is 0 Å². The first-order valence-corrected chi connectivity index (χ1v) is 4.92. The Labute approximate surface area is 83.1 Å². The zero-order chi connectivity index (χ0) is 10.3. The van der Waals surface area contributed by atoms with Crippen molar-refractivity contribution >= 4 is 22.3 Å². The molecule has 74 valence electrons. The third-order valence-corrected chi connectivity index (χ3v) is 3.35. The van der Waals surface area contributed by atoms with Crippen molar-refractivity contribution in [1.82, 2.24) is 0 Å². The second-order valence-electron chi connectivity index (χ2n) is 3.28. The fraction of sp³-hybridized carbons (Fsp3) is 0.375. The zero-order valence-corrected chi connectivity index (χ0v) is 7.91. The van der Waals surface area contributed by atoms with E-state index in [1.165, 1.54) is 0 Å². The van der Waals surface area contributed by atoms with Crippen molar-refractivity contribution in [3.63, 3.8) is 0 Å². The lowest BCUT2D eigenvalue weighted by atomic mass is 9.99. The van der Waals surface area contributed by atoms with Gasteiger partial charge in [-0.2, -0.15) is 0 Å². The van der Waals surface area contributed by atoms with Crippen molar-refractivity contribution in [1.29, 1.82) is 0 Å². The van der Waals surface area contributed by atoms with E-state index in [9.17, 15) is 14.9 Å². The van der Waals surface area contributed by atoms with Crippen LogP contribution in [0, 0.1) is 10.1 Å². The number of hydrogen-bond acceptors (Lipinski definition) is 4. The highest BCUT2D eigenvalue weighted by Gasteiger charge is 2.55. The summed E-state index contributed by atoms with van der Waals surface area (Å²) in [4.78, 5) is 21.0. The predicted molar refractivity (Wildman–Crippen MR) is 49.5 cm³/mol. The summed E-state index contributed by atoms with van der Waals surface area (Å²) in [5, 5.41) is 21.1. The SMILES string of the molecule is O=C(O)C1(c2ccsc2[N+](=O)[O-])CC1. The molecule has 0 amide bonds. The number of carbonyl (C=O) groups is 1. The fourth-order valence-electron chi connectivity index (χ4n) is 1.53. The number of rotatable bonds is 3. The molecule has 1 N–H and O–H groups in total. The van der Waals surface area contributed by atoms with Gasteiger partial charge in [0, 0.05) is 0 Å². The first-order chi connectivity index (χ1) is 6.58. The molecule has 1 aromatic rings. The van der Waals surface area contributed by atoms with Crippen molar-refractivity contribution in [2.24, 2.45) is 0 Å². The van der Waals surface area contributed by atoms with Crippen LogP contribution in [0.4, 0.5) is 5.00 Å². The molecule has 1 heterocycles. The number of nitro groups is 1. The maximum absolute atomic E-state index is 10.9. The van der Waals surface area contributed by atoms with Crippen LogP contribution >= 0.6 is 11.3 Å². The van der Waals surface area contributed by atoms with Gasteiger partial charge in [-0.25, -0.2) is 0 Å². The fourth-order valence-corrected chi connectivity index (χ4v) is 2.34. The predicted octanol–water partition coefficient (Wildman–Crippen LogP) is 1.77. The Hall–Kier alpha value is -1.43. The molecule has 1 aliphatic rings. The molecule has 0 atom stereocenters. The molecule has 2 rings (SSSR count). The Morgan fingerprint density at radius 3 is 2.71 bits per heavy atom. The number of carboxylic acid groups (broad SMARTS) is 1. The van der Waals surface area contributed by atoms with E-state index in [4.69, 9.17) is 5.11 Å². The number of aliphatic carboxylic acids is 1. The van der Waals surface area contributed by atoms with E-state index in [-0.39, 0.29) is 5.00 Å². The van der Waals surface area contributed by atoms with Gasteiger partial charge < -0.3 is 5.11 Å². The maximum Gasteiger partial charge on any atom is 0.328 e. The summed E-state index contributed by atoms with van der Waals surface area (Å²) >= 11 is 0.980. The second kappa shape index (κ2) is 2.78. The lowest BCUT2D eigenvalue weighted by Gasteiger charge is -2.05. The Bertz CT molecular complexity index is 407. The molecule has 0 radical (unpaired) electrons. The van der Waals surface area contributed by atoms with Crippen LogP contribution in [-0.4, -0.2) is 16.0 Å². The summed E-state index contributed by atoms with van der Waals surface area (Å²) < 4.78 is 0. The number of carboxylic acids is 1. The van der Waals surface area contributed by atoms with Crippen molar-refractivity contribution in [3.8, 4) is 0 Å². The highest BCUT2D eigenvalue weighted by atomic mass is 32.1. The third kappa shape index (κ3) is 1.11. The minimum absolute atomic E-state index is 0.0371. The molecule has 0 bridgehead atoms. The van der Waals surface area contributed by atoms with Crippen LogP contribution in [0.25, 0.3) is 0 Å². The van der Waals surface area contributed by atoms with Gasteiger partial charge in [0.15, 0.2) is 0 Å². The van der Waals surface area contributed by atoms with E-state index in [0.29, 0.717) is 18.4 Å². The normalized spacial score (nSPS) is 17.7. The Morgan fingerprint density at radius 2 is 2.29 bits per heavy atom. The van der Waals surface area contributed by atoms with E-state index in [2.05, 4.69) is 0 Å². The van der Waals surface area contributed by atoms with Gasteiger partial charge in [-0.1, -0.05) is 11.3 Å². The Balaban J connectivity index is 2.47. The molecule has 1 saturated carbocycles. The van der Waals surface area contributed by atoms with Gasteiger partial charge >= 0.3 is 11.0 Å². The van der Waals surface area contributed by atoms with E-state index < -0.39 is 16.3 Å². The van der Waals surface area contributed by atoms with Crippen molar-refractivity contribution in [3.05, 3.63) is 27.1 Å². The summed E-state index contributed by atoms with van der Waals surface area (Å²) in [5.74, 6) is -0.959. The van der Waals surface area contributed by atoms with Gasteiger partial charge in [0.05, 0.1) is 10.5 Å². The van der Waals surface area contributed by atoms with E-state index in [1.54, 1.807) is 11.4 Å². The van der Waals surface area contributed by atoms with Gasteiger partial charge in [0.2, 0.25) is 0 Å². The minimum atomic E-state index is -0.970. The molecule has 0 aromatic carbocycles. The summed E-state index contributed by atoms with van der Waals surface area (Å²) in [5.41, 5.74) is -0.609. The average molecular weight is 213 g/mol. The Morgan fingerprint density at radius 1 is 1.64 bits per heavy atom. The summed E-state index contributed by atoms with van der Waals surface area (Å²) in [7, 11) is 0. The van der Waals surface area contributed by atoms with Gasteiger partial charge in [0.25, 0.3) is 0 Å². The first kappa shape index (κ1) is 9.14. The van der Waals surface area contributed by atoms with E-state index >= 15 is 0 Å². The maximum atomic E-state index is 10.9. The molecule has 0 spiro atoms. The molecule has 0 unspecified atom stereocenters. The molecule has 5 nitrogen and oxygen atoms in total. The largest absolute Gasteiger partial charge is 0.481 e. The van der Waals surface area contributed by atoms with Crippen LogP contribution in [0.1, 0.15) is 18.4 Å². The smallest absolute Gasteiger partial charge is 0.328 e. The molecular formula is C8H7NO4S. The topological polar surface area (TPSA) is 80.4 Å². The lowest BCUT2D eigenvalue weighted by molar-refractivity contribution is -0.381. The quantitative estimate of drug-likeness (QED) is 0.612. The summed E-state index contributed by atoms with van der Waals surface area (Å²) in [6.07, 6.45) is 1.000. The third-order valence-electron chi connectivity index (χ3n) is 2.49.